The summed E-state index contributed by atoms with van der Waals surface area (Å²) in [6, 6.07) is 3.04. The number of alkyl halides is 4. The van der Waals surface area contributed by atoms with Crippen molar-refractivity contribution in [3.8, 4) is 11.5 Å². The van der Waals surface area contributed by atoms with Gasteiger partial charge in [-0.1, -0.05) is 0 Å². The van der Waals surface area contributed by atoms with Gasteiger partial charge >= 0.3 is 12.1 Å². The summed E-state index contributed by atoms with van der Waals surface area (Å²) < 4.78 is 46.7. The monoisotopic (exact) mass is 355 g/mol. The molecule has 2 N–H and O–H groups in total. The molecule has 0 bridgehead atoms. The Bertz CT molecular complexity index is 552. The predicted octanol–water partition coefficient (Wildman–Crippen LogP) is 2.20. The number of halogens is 4. The van der Waals surface area contributed by atoms with Crippen LogP contribution in [0.3, 0.4) is 0 Å². The highest BCUT2D eigenvalue weighted by molar-refractivity contribution is 6.18. The third kappa shape index (κ3) is 5.18. The summed E-state index contributed by atoms with van der Waals surface area (Å²) in [5.41, 5.74) is 0.900. The number of aliphatic hydroxyl groups excluding tert-OH is 1. The van der Waals surface area contributed by atoms with Gasteiger partial charge in [-0.25, -0.2) is 0 Å². The maximum Gasteiger partial charge on any atom is 0.471 e. The van der Waals surface area contributed by atoms with Crippen molar-refractivity contribution in [3.63, 3.8) is 0 Å². The zero-order valence-electron chi connectivity index (χ0n) is 12.5. The van der Waals surface area contributed by atoms with E-state index < -0.39 is 18.2 Å². The van der Waals surface area contributed by atoms with Crippen LogP contribution in [0.4, 0.5) is 13.2 Å². The van der Waals surface area contributed by atoms with Crippen LogP contribution in [0.25, 0.3) is 0 Å². The van der Waals surface area contributed by atoms with Gasteiger partial charge in [0.2, 0.25) is 0 Å². The van der Waals surface area contributed by atoms with Gasteiger partial charge in [0.15, 0.2) is 11.5 Å². The van der Waals surface area contributed by atoms with Crippen molar-refractivity contribution in [1.82, 2.24) is 5.32 Å². The van der Waals surface area contributed by atoms with E-state index in [4.69, 9.17) is 21.1 Å². The number of hydrogen-bond donors (Lipinski definition) is 2. The second kappa shape index (κ2) is 8.26. The lowest BCUT2D eigenvalue weighted by molar-refractivity contribution is -0.173. The van der Waals surface area contributed by atoms with E-state index >= 15 is 0 Å². The Morgan fingerprint density at radius 3 is 2.35 bits per heavy atom. The van der Waals surface area contributed by atoms with Crippen molar-refractivity contribution in [3.05, 3.63) is 23.3 Å². The van der Waals surface area contributed by atoms with Crippen molar-refractivity contribution >= 4 is 17.5 Å². The first-order valence-electron chi connectivity index (χ1n) is 6.58. The van der Waals surface area contributed by atoms with Crippen LogP contribution in [-0.2, 0) is 11.2 Å². The number of carbonyl (C=O) groups excluding carboxylic acids is 1. The standard InChI is InChI=1S/C14H17ClF3NO4/c1-22-11-5-8(3-4-19-13(21)14(16,17)18)9(10(20)7-15)6-12(11)23-2/h5-6,10,20H,3-4,7H2,1-2H3,(H,19,21). The second-order valence-electron chi connectivity index (χ2n) is 4.58. The van der Waals surface area contributed by atoms with Crippen molar-refractivity contribution in [2.75, 3.05) is 26.6 Å². The Balaban J connectivity index is 2.97. The van der Waals surface area contributed by atoms with E-state index in [9.17, 15) is 23.1 Å². The van der Waals surface area contributed by atoms with Crippen LogP contribution in [0.15, 0.2) is 12.1 Å². The maximum atomic E-state index is 12.1. The number of carbonyl (C=O) groups is 1. The molecule has 0 aliphatic rings. The highest BCUT2D eigenvalue weighted by Crippen LogP contribution is 2.33. The van der Waals surface area contributed by atoms with Crippen molar-refractivity contribution in [1.29, 1.82) is 0 Å². The van der Waals surface area contributed by atoms with Gasteiger partial charge in [-0.05, 0) is 29.7 Å². The number of rotatable bonds is 7. The summed E-state index contributed by atoms with van der Waals surface area (Å²) in [6.07, 6.45) is -5.90. The third-order valence-corrected chi connectivity index (χ3v) is 3.38. The number of amides is 1. The lowest BCUT2D eigenvalue weighted by Gasteiger charge is -2.18. The van der Waals surface area contributed by atoms with Crippen LogP contribution in [0, 0.1) is 0 Å². The van der Waals surface area contributed by atoms with Gasteiger partial charge < -0.3 is 19.9 Å². The third-order valence-electron chi connectivity index (χ3n) is 3.09. The molecule has 0 spiro atoms. The zero-order valence-corrected chi connectivity index (χ0v) is 13.3. The van der Waals surface area contributed by atoms with Crippen LogP contribution in [0.1, 0.15) is 17.2 Å². The Kier molecular flexibility index (Phi) is 6.96. The number of ether oxygens (including phenoxy) is 2. The van der Waals surface area contributed by atoms with E-state index in [-0.39, 0.29) is 18.8 Å². The highest BCUT2D eigenvalue weighted by atomic mass is 35.5. The first kappa shape index (κ1) is 19.4. The molecule has 1 atom stereocenters. The predicted molar refractivity (Wildman–Crippen MR) is 78.0 cm³/mol. The summed E-state index contributed by atoms with van der Waals surface area (Å²) in [7, 11) is 2.82. The Labute approximate surface area is 136 Å². The lowest BCUT2D eigenvalue weighted by atomic mass is 9.99. The highest BCUT2D eigenvalue weighted by Gasteiger charge is 2.38. The molecule has 130 valence electrons. The molecule has 0 heterocycles. The second-order valence-corrected chi connectivity index (χ2v) is 4.89. The van der Waals surface area contributed by atoms with Gasteiger partial charge in [0, 0.05) is 6.54 Å². The molecule has 1 amide bonds. The number of hydrogen-bond acceptors (Lipinski definition) is 4. The minimum atomic E-state index is -4.93. The van der Waals surface area contributed by atoms with Crippen molar-refractivity contribution < 1.29 is 32.5 Å². The maximum absolute atomic E-state index is 12.1. The van der Waals surface area contributed by atoms with Crippen LogP contribution in [-0.4, -0.2) is 43.8 Å². The normalized spacial score (nSPS) is 12.7. The molecule has 5 nitrogen and oxygen atoms in total. The van der Waals surface area contributed by atoms with Gasteiger partial charge in [0.25, 0.3) is 0 Å². The van der Waals surface area contributed by atoms with Crippen LogP contribution in [0.2, 0.25) is 0 Å². The number of benzene rings is 1. The molecule has 0 aromatic heterocycles. The fraction of sp³-hybridized carbons (Fsp3) is 0.500. The quantitative estimate of drug-likeness (QED) is 0.736. The summed E-state index contributed by atoms with van der Waals surface area (Å²) in [5, 5.41) is 11.7. The molecule has 0 aliphatic carbocycles. The molecular formula is C14H17ClF3NO4. The number of aliphatic hydroxyl groups is 1. The summed E-state index contributed by atoms with van der Waals surface area (Å²) in [6.45, 7) is -0.254. The molecule has 1 aromatic carbocycles. The van der Waals surface area contributed by atoms with E-state index in [1.807, 2.05) is 0 Å². The van der Waals surface area contributed by atoms with Crippen molar-refractivity contribution in [2.45, 2.75) is 18.7 Å². The summed E-state index contributed by atoms with van der Waals surface area (Å²) >= 11 is 5.63. The van der Waals surface area contributed by atoms with E-state index in [0.29, 0.717) is 22.6 Å². The largest absolute Gasteiger partial charge is 0.493 e. The van der Waals surface area contributed by atoms with Crippen LogP contribution >= 0.6 is 11.6 Å². The van der Waals surface area contributed by atoms with Crippen LogP contribution in [0.5, 0.6) is 11.5 Å². The van der Waals surface area contributed by atoms with Gasteiger partial charge in [-0.2, -0.15) is 13.2 Å². The minimum absolute atomic E-state index is 0.0610. The zero-order chi connectivity index (χ0) is 17.6. The minimum Gasteiger partial charge on any atom is -0.493 e. The molecule has 1 rings (SSSR count). The smallest absolute Gasteiger partial charge is 0.471 e. The molecule has 0 saturated heterocycles. The van der Waals surface area contributed by atoms with Gasteiger partial charge in [0.05, 0.1) is 26.2 Å². The van der Waals surface area contributed by atoms with Crippen LogP contribution < -0.4 is 14.8 Å². The Morgan fingerprint density at radius 2 is 1.87 bits per heavy atom. The Morgan fingerprint density at radius 1 is 1.30 bits per heavy atom. The first-order valence-corrected chi connectivity index (χ1v) is 7.11. The topological polar surface area (TPSA) is 67.8 Å². The molecule has 0 fully saturated rings. The molecule has 0 aliphatic heterocycles. The lowest BCUT2D eigenvalue weighted by Crippen LogP contribution is -2.37. The van der Waals surface area contributed by atoms with Gasteiger partial charge in [-0.15, -0.1) is 11.6 Å². The average Bonchev–Trinajstić information content (AvgIpc) is 2.52. The fourth-order valence-electron chi connectivity index (χ4n) is 1.96. The molecule has 23 heavy (non-hydrogen) atoms. The number of nitrogens with one attached hydrogen (secondary N) is 1. The van der Waals surface area contributed by atoms with Gasteiger partial charge in [-0.3, -0.25) is 4.79 Å². The summed E-state index contributed by atoms with van der Waals surface area (Å²) in [4.78, 5) is 10.8. The molecule has 1 aromatic rings. The van der Waals surface area contributed by atoms with Gasteiger partial charge in [0.1, 0.15) is 0 Å². The van der Waals surface area contributed by atoms with E-state index in [1.54, 1.807) is 5.32 Å². The molecule has 0 radical (unpaired) electrons. The fourth-order valence-corrected chi connectivity index (χ4v) is 2.12. The molecule has 9 heteroatoms. The van der Waals surface area contributed by atoms with E-state index in [0.717, 1.165) is 0 Å². The SMILES string of the molecule is COc1cc(CCNC(=O)C(F)(F)F)c(C(O)CCl)cc1OC. The molecular weight excluding hydrogens is 339 g/mol. The number of methoxy groups -OCH3 is 2. The van der Waals surface area contributed by atoms with E-state index in [1.165, 1.54) is 26.4 Å². The van der Waals surface area contributed by atoms with E-state index in [2.05, 4.69) is 0 Å². The first-order chi connectivity index (χ1) is 10.7. The Hall–Kier alpha value is -1.67. The molecule has 1 unspecified atom stereocenters. The average molecular weight is 356 g/mol. The molecule has 0 saturated carbocycles. The van der Waals surface area contributed by atoms with Crippen molar-refractivity contribution in [2.24, 2.45) is 0 Å². The summed E-state index contributed by atoms with van der Waals surface area (Å²) in [5.74, 6) is -1.40.